The summed E-state index contributed by atoms with van der Waals surface area (Å²) in [5.41, 5.74) is 4.37. The van der Waals surface area contributed by atoms with E-state index in [2.05, 4.69) is 31.6 Å². The number of hydrogen-bond donors (Lipinski definition) is 3. The van der Waals surface area contributed by atoms with Crippen LogP contribution in [0.1, 0.15) is 16.1 Å². The number of aromatic amines is 1. The van der Waals surface area contributed by atoms with Crippen molar-refractivity contribution in [3.05, 3.63) is 33.9 Å². The predicted octanol–water partition coefficient (Wildman–Crippen LogP) is 1.76. The van der Waals surface area contributed by atoms with Gasteiger partial charge in [-0.05, 0) is 25.1 Å². The lowest BCUT2D eigenvalue weighted by Crippen LogP contribution is -2.30. The lowest BCUT2D eigenvalue weighted by atomic mass is 10.0. The average molecular weight is 325 g/mol. The number of halogens is 1. The van der Waals surface area contributed by atoms with Crippen molar-refractivity contribution >= 4 is 21.8 Å². The van der Waals surface area contributed by atoms with Gasteiger partial charge in [0.25, 0.3) is 5.91 Å². The quantitative estimate of drug-likeness (QED) is 0.455. The maximum absolute atomic E-state index is 11.8. The maximum atomic E-state index is 11.8. The second kappa shape index (κ2) is 5.41. The van der Waals surface area contributed by atoms with Crippen LogP contribution >= 0.6 is 15.9 Å². The summed E-state index contributed by atoms with van der Waals surface area (Å²) in [7, 11) is 1.56. The molecule has 1 amide bonds. The number of nitrogen functional groups attached to an aromatic ring is 1. The molecule has 4 N–H and O–H groups in total. The number of rotatable bonds is 3. The maximum Gasteiger partial charge on any atom is 0.269 e. The minimum absolute atomic E-state index is 0.400. The number of hydrogen-bond acceptors (Lipinski definition) is 4. The van der Waals surface area contributed by atoms with Gasteiger partial charge in [-0.2, -0.15) is 5.10 Å². The Bertz CT molecular complexity index is 624. The van der Waals surface area contributed by atoms with Gasteiger partial charge in [0.2, 0.25) is 0 Å². The van der Waals surface area contributed by atoms with E-state index in [9.17, 15) is 4.79 Å². The van der Waals surface area contributed by atoms with Crippen LogP contribution in [0.15, 0.2) is 22.7 Å². The first-order valence-electron chi connectivity index (χ1n) is 5.48. The molecular formula is C12H13BrN4O2. The molecule has 6 nitrogen and oxygen atoms in total. The monoisotopic (exact) mass is 324 g/mol. The number of hydrazine groups is 1. The molecule has 2 rings (SSSR count). The van der Waals surface area contributed by atoms with E-state index in [4.69, 9.17) is 10.6 Å². The summed E-state index contributed by atoms with van der Waals surface area (Å²) in [4.78, 5) is 11.8. The number of carbonyl (C=O) groups excluding carboxylic acids is 1. The van der Waals surface area contributed by atoms with Gasteiger partial charge >= 0.3 is 0 Å². The summed E-state index contributed by atoms with van der Waals surface area (Å²) in [5, 5.41) is 6.95. The van der Waals surface area contributed by atoms with Crippen molar-refractivity contribution in [1.29, 1.82) is 0 Å². The highest BCUT2D eigenvalue weighted by Crippen LogP contribution is 2.34. The van der Waals surface area contributed by atoms with Crippen LogP contribution in [0.4, 0.5) is 0 Å². The van der Waals surface area contributed by atoms with Crippen molar-refractivity contribution in [2.45, 2.75) is 6.92 Å². The number of amides is 1. The normalized spacial score (nSPS) is 10.3. The van der Waals surface area contributed by atoms with Gasteiger partial charge in [-0.1, -0.05) is 15.9 Å². The molecular weight excluding hydrogens is 312 g/mol. The number of H-pyrrole nitrogens is 1. The standard InChI is InChI=1S/C12H13BrN4O2/c1-6-10(12(18)15-14)11(17-16-6)8-5-7(13)3-4-9(8)19-2/h3-5H,14H2,1-2H3,(H,15,18)(H,16,17). The van der Waals surface area contributed by atoms with E-state index in [0.29, 0.717) is 28.3 Å². The molecule has 0 spiro atoms. The summed E-state index contributed by atoms with van der Waals surface area (Å²) < 4.78 is 6.16. The molecule has 0 saturated carbocycles. The van der Waals surface area contributed by atoms with Crippen molar-refractivity contribution in [3.8, 4) is 17.0 Å². The molecule has 1 aromatic carbocycles. The number of benzene rings is 1. The predicted molar refractivity (Wildman–Crippen MR) is 74.7 cm³/mol. The Morgan fingerprint density at radius 2 is 2.26 bits per heavy atom. The number of aryl methyl sites for hydroxylation is 1. The number of nitrogens with two attached hydrogens (primary N) is 1. The van der Waals surface area contributed by atoms with Gasteiger partial charge in [0.15, 0.2) is 0 Å². The fourth-order valence-electron chi connectivity index (χ4n) is 1.84. The molecule has 19 heavy (non-hydrogen) atoms. The third kappa shape index (κ3) is 2.47. The third-order valence-electron chi connectivity index (χ3n) is 2.72. The number of ether oxygens (including phenoxy) is 1. The molecule has 1 heterocycles. The zero-order valence-corrected chi connectivity index (χ0v) is 12.0. The fraction of sp³-hybridized carbons (Fsp3) is 0.167. The Morgan fingerprint density at radius 3 is 2.89 bits per heavy atom. The zero-order chi connectivity index (χ0) is 14.0. The van der Waals surface area contributed by atoms with Gasteiger partial charge in [-0.3, -0.25) is 15.3 Å². The highest BCUT2D eigenvalue weighted by molar-refractivity contribution is 9.10. The Labute approximate surface area is 118 Å². The molecule has 0 radical (unpaired) electrons. The molecule has 2 aromatic rings. The number of nitrogens with one attached hydrogen (secondary N) is 2. The molecule has 7 heteroatoms. The van der Waals surface area contributed by atoms with E-state index in [1.54, 1.807) is 20.1 Å². The van der Waals surface area contributed by atoms with Gasteiger partial charge in [0.1, 0.15) is 11.4 Å². The topological polar surface area (TPSA) is 93.0 Å². The Balaban J connectivity index is 2.65. The van der Waals surface area contributed by atoms with E-state index in [1.807, 2.05) is 12.1 Å². The first kappa shape index (κ1) is 13.6. The summed E-state index contributed by atoms with van der Waals surface area (Å²) in [6.45, 7) is 1.76. The molecule has 0 saturated heterocycles. The van der Waals surface area contributed by atoms with E-state index in [1.165, 1.54) is 0 Å². The first-order chi connectivity index (χ1) is 9.08. The van der Waals surface area contributed by atoms with Gasteiger partial charge in [-0.15, -0.1) is 0 Å². The SMILES string of the molecule is COc1ccc(Br)cc1-c1n[nH]c(C)c1C(=O)NN. The van der Waals surface area contributed by atoms with Crippen LogP contribution in [0.25, 0.3) is 11.3 Å². The Hall–Kier alpha value is -1.86. The summed E-state index contributed by atoms with van der Waals surface area (Å²) in [5.74, 6) is 5.42. The van der Waals surface area contributed by atoms with Crippen LogP contribution in [0.2, 0.25) is 0 Å². The summed E-state index contributed by atoms with van der Waals surface area (Å²) in [6, 6.07) is 5.49. The molecule has 1 aromatic heterocycles. The number of nitrogens with zero attached hydrogens (tertiary/aromatic N) is 1. The molecule has 0 aliphatic heterocycles. The summed E-state index contributed by atoms with van der Waals surface area (Å²) in [6.07, 6.45) is 0. The number of carbonyl (C=O) groups is 1. The van der Waals surface area contributed by atoms with Crippen molar-refractivity contribution in [3.63, 3.8) is 0 Å². The Morgan fingerprint density at radius 1 is 1.53 bits per heavy atom. The van der Waals surface area contributed by atoms with E-state index < -0.39 is 5.91 Å². The number of methoxy groups -OCH3 is 1. The lowest BCUT2D eigenvalue weighted by molar-refractivity contribution is 0.0954. The second-order valence-corrected chi connectivity index (χ2v) is 4.81. The number of aromatic nitrogens is 2. The van der Waals surface area contributed by atoms with Crippen molar-refractivity contribution in [2.24, 2.45) is 5.84 Å². The van der Waals surface area contributed by atoms with Crippen LogP contribution in [0.5, 0.6) is 5.75 Å². The molecule has 0 fully saturated rings. The van der Waals surface area contributed by atoms with Gasteiger partial charge < -0.3 is 4.74 Å². The molecule has 0 aliphatic carbocycles. The van der Waals surface area contributed by atoms with Crippen LogP contribution in [-0.4, -0.2) is 23.2 Å². The van der Waals surface area contributed by atoms with E-state index in [-0.39, 0.29) is 0 Å². The fourth-order valence-corrected chi connectivity index (χ4v) is 2.20. The highest BCUT2D eigenvalue weighted by atomic mass is 79.9. The molecule has 0 atom stereocenters. The van der Waals surface area contributed by atoms with Crippen LogP contribution in [0.3, 0.4) is 0 Å². The smallest absolute Gasteiger partial charge is 0.269 e. The zero-order valence-electron chi connectivity index (χ0n) is 10.5. The first-order valence-corrected chi connectivity index (χ1v) is 6.27. The second-order valence-electron chi connectivity index (χ2n) is 3.89. The van der Waals surface area contributed by atoms with Gasteiger partial charge in [-0.25, -0.2) is 5.84 Å². The third-order valence-corrected chi connectivity index (χ3v) is 3.22. The summed E-state index contributed by atoms with van der Waals surface area (Å²) >= 11 is 3.39. The van der Waals surface area contributed by atoms with Crippen molar-refractivity contribution < 1.29 is 9.53 Å². The molecule has 0 aliphatic rings. The largest absolute Gasteiger partial charge is 0.496 e. The minimum Gasteiger partial charge on any atom is -0.496 e. The van der Waals surface area contributed by atoms with E-state index >= 15 is 0 Å². The van der Waals surface area contributed by atoms with Crippen LogP contribution < -0.4 is 16.0 Å². The van der Waals surface area contributed by atoms with Crippen LogP contribution in [0, 0.1) is 6.92 Å². The van der Waals surface area contributed by atoms with E-state index in [0.717, 1.165) is 4.47 Å². The molecule has 0 unspecified atom stereocenters. The van der Waals surface area contributed by atoms with Gasteiger partial charge in [0, 0.05) is 15.7 Å². The lowest BCUT2D eigenvalue weighted by Gasteiger charge is -2.08. The van der Waals surface area contributed by atoms with Crippen LogP contribution in [-0.2, 0) is 0 Å². The van der Waals surface area contributed by atoms with Crippen molar-refractivity contribution in [2.75, 3.05) is 7.11 Å². The average Bonchev–Trinajstić information content (AvgIpc) is 2.79. The molecule has 100 valence electrons. The van der Waals surface area contributed by atoms with Crippen molar-refractivity contribution in [1.82, 2.24) is 15.6 Å². The highest BCUT2D eigenvalue weighted by Gasteiger charge is 2.21. The van der Waals surface area contributed by atoms with Gasteiger partial charge in [0.05, 0.1) is 12.7 Å². The molecule has 0 bridgehead atoms. The minimum atomic E-state index is -0.400. The Kier molecular flexibility index (Phi) is 3.87.